The maximum absolute atomic E-state index is 14.1. The fraction of sp³-hybridized carbons (Fsp3) is 0.281. The van der Waals surface area contributed by atoms with Crippen molar-refractivity contribution in [3.63, 3.8) is 0 Å². The van der Waals surface area contributed by atoms with Crippen LogP contribution in [0.1, 0.15) is 45.6 Å². The standard InChI is InChI=1S/C32H30ClN3O4/c1-31(2,3)40-30(38)35-32(15-8-16-32)21-13-11-19(12-14-21)24-27(37)22-17-23(33)26-25(34-18-36(26)4)29(22)39-28(24)20-9-6-5-7-10-20/h5-7,9-14,17-18H,8,15-16H2,1-4H3,(H,35,38). The van der Waals surface area contributed by atoms with Crippen LogP contribution in [0.15, 0.2) is 76.2 Å². The molecule has 0 aliphatic heterocycles. The molecule has 0 spiro atoms. The number of carbonyl (C=O) groups excluding carboxylic acids is 1. The number of aryl methyl sites for hydroxylation is 1. The van der Waals surface area contributed by atoms with Crippen LogP contribution in [0.2, 0.25) is 5.02 Å². The largest absolute Gasteiger partial charge is 0.453 e. The Kier molecular flexibility index (Phi) is 6.22. The number of imidazole rings is 1. The molecule has 1 aliphatic carbocycles. The van der Waals surface area contributed by atoms with Crippen molar-refractivity contribution in [2.45, 2.75) is 51.2 Å². The number of hydrogen-bond acceptors (Lipinski definition) is 5. The molecule has 8 heteroatoms. The van der Waals surface area contributed by atoms with E-state index in [0.29, 0.717) is 43.9 Å². The number of alkyl carbamates (subject to hydrolysis) is 1. The lowest BCUT2D eigenvalue weighted by Crippen LogP contribution is -2.52. The minimum absolute atomic E-state index is 0.187. The van der Waals surface area contributed by atoms with Crippen molar-refractivity contribution in [3.05, 3.63) is 87.8 Å². The fourth-order valence-corrected chi connectivity index (χ4v) is 5.79. The molecule has 40 heavy (non-hydrogen) atoms. The number of fused-ring (bicyclic) bond motifs is 3. The molecule has 1 aliphatic rings. The maximum atomic E-state index is 14.1. The Morgan fingerprint density at radius 3 is 2.40 bits per heavy atom. The van der Waals surface area contributed by atoms with Crippen molar-refractivity contribution in [2.75, 3.05) is 0 Å². The minimum Gasteiger partial charge on any atom is -0.453 e. The van der Waals surface area contributed by atoms with Crippen LogP contribution in [0.3, 0.4) is 0 Å². The number of nitrogens with one attached hydrogen (secondary N) is 1. The number of ether oxygens (including phenoxy) is 1. The van der Waals surface area contributed by atoms with Gasteiger partial charge < -0.3 is 19.0 Å². The highest BCUT2D eigenvalue weighted by Crippen LogP contribution is 2.43. The number of carbonyl (C=O) groups is 1. The van der Waals surface area contributed by atoms with E-state index in [1.807, 2.05) is 87.0 Å². The van der Waals surface area contributed by atoms with Gasteiger partial charge in [0.2, 0.25) is 5.43 Å². The van der Waals surface area contributed by atoms with Crippen molar-refractivity contribution in [3.8, 4) is 22.5 Å². The number of hydrogen-bond donors (Lipinski definition) is 1. The molecule has 0 saturated heterocycles. The van der Waals surface area contributed by atoms with Crippen LogP contribution < -0.4 is 10.7 Å². The van der Waals surface area contributed by atoms with Crippen molar-refractivity contribution in [2.24, 2.45) is 7.05 Å². The number of benzene rings is 3. The monoisotopic (exact) mass is 555 g/mol. The Morgan fingerprint density at radius 1 is 1.07 bits per heavy atom. The van der Waals surface area contributed by atoms with E-state index in [0.717, 1.165) is 30.4 Å². The molecule has 0 unspecified atom stereocenters. The van der Waals surface area contributed by atoms with Crippen molar-refractivity contribution >= 4 is 39.7 Å². The van der Waals surface area contributed by atoms with Crippen LogP contribution in [0.4, 0.5) is 4.79 Å². The molecule has 6 rings (SSSR count). The molecule has 0 bridgehead atoms. The summed E-state index contributed by atoms with van der Waals surface area (Å²) in [6, 6.07) is 19.0. The number of amides is 1. The van der Waals surface area contributed by atoms with Gasteiger partial charge >= 0.3 is 6.09 Å². The summed E-state index contributed by atoms with van der Waals surface area (Å²) in [4.78, 5) is 31.2. The molecular formula is C32H30ClN3O4. The molecular weight excluding hydrogens is 526 g/mol. The summed E-state index contributed by atoms with van der Waals surface area (Å²) in [6.07, 6.45) is 3.87. The third-order valence-electron chi connectivity index (χ3n) is 7.51. The highest BCUT2D eigenvalue weighted by Gasteiger charge is 2.41. The average Bonchev–Trinajstić information content (AvgIpc) is 3.29. The predicted molar refractivity (Wildman–Crippen MR) is 158 cm³/mol. The van der Waals surface area contributed by atoms with Crippen molar-refractivity contribution < 1.29 is 13.9 Å². The molecule has 2 heterocycles. The molecule has 0 atom stereocenters. The summed E-state index contributed by atoms with van der Waals surface area (Å²) in [7, 11) is 1.85. The van der Waals surface area contributed by atoms with E-state index in [9.17, 15) is 9.59 Å². The molecule has 1 N–H and O–H groups in total. The SMILES string of the molecule is Cn1cnc2c3oc(-c4ccccc4)c(-c4ccc(C5(NC(=O)OC(C)(C)C)CCC5)cc4)c(=O)c3cc(Cl)c21. The zero-order valence-corrected chi connectivity index (χ0v) is 23.6. The summed E-state index contributed by atoms with van der Waals surface area (Å²) in [5, 5.41) is 3.90. The second-order valence-corrected chi connectivity index (χ2v) is 11.8. The number of aromatic nitrogens is 2. The Labute approximate surface area is 236 Å². The maximum Gasteiger partial charge on any atom is 0.408 e. The molecule has 2 aromatic heterocycles. The van der Waals surface area contributed by atoms with E-state index < -0.39 is 17.2 Å². The fourth-order valence-electron chi connectivity index (χ4n) is 5.46. The molecule has 1 amide bonds. The van der Waals surface area contributed by atoms with Crippen LogP contribution >= 0.6 is 11.6 Å². The topological polar surface area (TPSA) is 86.4 Å². The van der Waals surface area contributed by atoms with Gasteiger partial charge in [-0.2, -0.15) is 0 Å². The van der Waals surface area contributed by atoms with E-state index in [2.05, 4.69) is 10.3 Å². The second-order valence-electron chi connectivity index (χ2n) is 11.4. The smallest absolute Gasteiger partial charge is 0.408 e. The molecule has 5 aromatic rings. The molecule has 3 aromatic carbocycles. The molecule has 204 valence electrons. The first-order valence-electron chi connectivity index (χ1n) is 13.3. The van der Waals surface area contributed by atoms with Gasteiger partial charge in [-0.25, -0.2) is 9.78 Å². The highest BCUT2D eigenvalue weighted by molar-refractivity contribution is 6.36. The van der Waals surface area contributed by atoms with Gasteiger partial charge in [-0.1, -0.05) is 66.2 Å². The van der Waals surface area contributed by atoms with Crippen LogP contribution in [0.5, 0.6) is 0 Å². The van der Waals surface area contributed by atoms with Gasteiger partial charge in [0.05, 0.1) is 33.4 Å². The highest BCUT2D eigenvalue weighted by atomic mass is 35.5. The summed E-state index contributed by atoms with van der Waals surface area (Å²) in [5.74, 6) is 0.463. The summed E-state index contributed by atoms with van der Waals surface area (Å²) in [5.41, 5.74) is 3.29. The zero-order chi connectivity index (χ0) is 28.2. The number of halogens is 1. The Hall–Kier alpha value is -4.10. The van der Waals surface area contributed by atoms with E-state index in [4.69, 9.17) is 20.8 Å². The van der Waals surface area contributed by atoms with E-state index in [-0.39, 0.29) is 5.43 Å². The van der Waals surface area contributed by atoms with E-state index in [1.165, 1.54) is 0 Å². The van der Waals surface area contributed by atoms with Crippen LogP contribution in [-0.4, -0.2) is 21.2 Å². The quantitative estimate of drug-likeness (QED) is 0.247. The van der Waals surface area contributed by atoms with Gasteiger partial charge in [-0.3, -0.25) is 4.79 Å². The third kappa shape index (κ3) is 4.44. The minimum atomic E-state index is -0.583. The van der Waals surface area contributed by atoms with Gasteiger partial charge in [0.1, 0.15) is 16.9 Å². The number of rotatable bonds is 4. The van der Waals surface area contributed by atoms with Gasteiger partial charge in [0.15, 0.2) is 5.58 Å². The van der Waals surface area contributed by atoms with E-state index >= 15 is 0 Å². The normalized spacial score (nSPS) is 14.7. The zero-order valence-electron chi connectivity index (χ0n) is 22.9. The van der Waals surface area contributed by atoms with Crippen LogP contribution in [0.25, 0.3) is 44.5 Å². The Morgan fingerprint density at radius 2 is 1.77 bits per heavy atom. The first-order valence-corrected chi connectivity index (χ1v) is 13.7. The van der Waals surface area contributed by atoms with Gasteiger partial charge in [-0.15, -0.1) is 0 Å². The first kappa shape index (κ1) is 26.1. The summed E-state index contributed by atoms with van der Waals surface area (Å²) >= 11 is 6.60. The lowest BCUT2D eigenvalue weighted by Gasteiger charge is -2.43. The van der Waals surface area contributed by atoms with Gasteiger partial charge in [0.25, 0.3) is 0 Å². The summed E-state index contributed by atoms with van der Waals surface area (Å²) < 4.78 is 13.9. The van der Waals surface area contributed by atoms with Crippen molar-refractivity contribution in [1.29, 1.82) is 0 Å². The molecule has 1 saturated carbocycles. The molecule has 1 fully saturated rings. The van der Waals surface area contributed by atoms with Gasteiger partial charge in [0, 0.05) is 12.6 Å². The first-order chi connectivity index (χ1) is 19.1. The van der Waals surface area contributed by atoms with E-state index in [1.54, 1.807) is 12.4 Å². The summed E-state index contributed by atoms with van der Waals surface area (Å²) in [6.45, 7) is 5.54. The number of nitrogens with zero attached hydrogens (tertiary/aromatic N) is 2. The predicted octanol–water partition coefficient (Wildman–Crippen LogP) is 7.57. The van der Waals surface area contributed by atoms with Crippen LogP contribution in [0, 0.1) is 0 Å². The van der Waals surface area contributed by atoms with Crippen molar-refractivity contribution in [1.82, 2.24) is 14.9 Å². The molecule has 0 radical (unpaired) electrons. The molecule has 7 nitrogen and oxygen atoms in total. The van der Waals surface area contributed by atoms with Crippen LogP contribution in [-0.2, 0) is 17.3 Å². The van der Waals surface area contributed by atoms with Gasteiger partial charge in [-0.05, 0) is 57.2 Å². The Balaban J connectivity index is 1.49. The lowest BCUT2D eigenvalue weighted by atomic mass is 9.71. The third-order valence-corrected chi connectivity index (χ3v) is 7.79. The second kappa shape index (κ2) is 9.52. The lowest BCUT2D eigenvalue weighted by molar-refractivity contribution is 0.0377. The average molecular weight is 556 g/mol. The Bertz CT molecular complexity index is 1810.